The fourth-order valence-electron chi connectivity index (χ4n) is 2.54. The van der Waals surface area contributed by atoms with E-state index in [0.717, 1.165) is 11.3 Å². The predicted octanol–water partition coefficient (Wildman–Crippen LogP) is 5.33. The Kier molecular flexibility index (Phi) is 5.07. The van der Waals surface area contributed by atoms with Gasteiger partial charge in [0.15, 0.2) is 5.82 Å². The van der Waals surface area contributed by atoms with Gasteiger partial charge in [-0.05, 0) is 60.7 Å². The van der Waals surface area contributed by atoms with Crippen LogP contribution in [0.1, 0.15) is 36.5 Å². The maximum atomic E-state index is 6.21. The average Bonchev–Trinajstić information content (AvgIpc) is 2.62. The highest BCUT2D eigenvalue weighted by Crippen LogP contribution is 2.31. The van der Waals surface area contributed by atoms with Gasteiger partial charge in [-0.25, -0.2) is 4.98 Å². The maximum Gasteiger partial charge on any atom is 0.248 e. The summed E-state index contributed by atoms with van der Waals surface area (Å²) in [7, 11) is 0. The largest absolute Gasteiger partial charge is 0.437 e. The minimum absolute atomic E-state index is 0.338. The number of aromatic nitrogens is 2. The number of hydrogen-bond acceptors (Lipinski definition) is 5. The van der Waals surface area contributed by atoms with E-state index in [1.165, 1.54) is 17.5 Å². The second-order valence-corrected chi connectivity index (χ2v) is 6.69. The van der Waals surface area contributed by atoms with Crippen molar-refractivity contribution in [3.05, 3.63) is 65.5 Å². The summed E-state index contributed by atoms with van der Waals surface area (Å²) in [5.41, 5.74) is 11.1. The molecule has 0 amide bonds. The number of nitrogens with one attached hydrogen (secondary N) is 1. The van der Waals surface area contributed by atoms with Crippen LogP contribution in [0.3, 0.4) is 0 Å². The number of aryl methyl sites for hydroxylation is 2. The Labute approximate surface area is 154 Å². The molecule has 3 aromatic rings. The van der Waals surface area contributed by atoms with E-state index in [4.69, 9.17) is 10.5 Å². The maximum absolute atomic E-state index is 6.21. The minimum Gasteiger partial charge on any atom is -0.437 e. The van der Waals surface area contributed by atoms with Crippen molar-refractivity contribution in [1.82, 2.24) is 9.97 Å². The molecule has 0 saturated carbocycles. The molecule has 2 aromatic carbocycles. The first-order chi connectivity index (χ1) is 12.4. The molecule has 0 bridgehead atoms. The van der Waals surface area contributed by atoms with Crippen LogP contribution in [-0.2, 0) is 0 Å². The average molecular weight is 348 g/mol. The summed E-state index contributed by atoms with van der Waals surface area (Å²) in [4.78, 5) is 8.40. The molecule has 0 fully saturated rings. The molecule has 0 aliphatic rings. The van der Waals surface area contributed by atoms with Crippen molar-refractivity contribution in [2.75, 3.05) is 11.1 Å². The molecule has 0 aliphatic heterocycles. The first-order valence-electron chi connectivity index (χ1n) is 8.66. The smallest absolute Gasteiger partial charge is 0.248 e. The number of nitrogens with two attached hydrogens (primary N) is 1. The molecule has 1 aromatic heterocycles. The highest BCUT2D eigenvalue weighted by Gasteiger charge is 2.11. The van der Waals surface area contributed by atoms with Crippen molar-refractivity contribution in [3.8, 4) is 11.6 Å². The third-order valence-electron chi connectivity index (χ3n) is 4.38. The summed E-state index contributed by atoms with van der Waals surface area (Å²) in [5, 5.41) is 3.23. The summed E-state index contributed by atoms with van der Waals surface area (Å²) in [5.74, 6) is 2.05. The Morgan fingerprint density at radius 2 is 1.69 bits per heavy atom. The van der Waals surface area contributed by atoms with Gasteiger partial charge >= 0.3 is 0 Å². The van der Waals surface area contributed by atoms with Gasteiger partial charge in [0.2, 0.25) is 5.88 Å². The van der Waals surface area contributed by atoms with Crippen molar-refractivity contribution in [1.29, 1.82) is 0 Å². The number of nitrogen functional groups attached to an aromatic ring is 1. The summed E-state index contributed by atoms with van der Waals surface area (Å²) >= 11 is 0. The topological polar surface area (TPSA) is 73.1 Å². The normalized spacial score (nSPS) is 10.8. The molecule has 1 heterocycles. The fraction of sp³-hybridized carbons (Fsp3) is 0.238. The SMILES string of the molecule is Cc1ccc(Oc2ncnc(Nc3ccc(C(C)C)cc3)c2N)cc1C. The molecular formula is C21H24N4O. The zero-order valence-electron chi connectivity index (χ0n) is 15.6. The summed E-state index contributed by atoms with van der Waals surface area (Å²) in [6, 6.07) is 14.1. The molecule has 5 heteroatoms. The van der Waals surface area contributed by atoms with E-state index >= 15 is 0 Å². The van der Waals surface area contributed by atoms with E-state index in [9.17, 15) is 0 Å². The van der Waals surface area contributed by atoms with Crippen molar-refractivity contribution in [3.63, 3.8) is 0 Å². The second kappa shape index (κ2) is 7.44. The van der Waals surface area contributed by atoms with E-state index in [0.29, 0.717) is 29.1 Å². The predicted molar refractivity (Wildman–Crippen MR) is 106 cm³/mol. The van der Waals surface area contributed by atoms with Crippen LogP contribution in [0.5, 0.6) is 11.6 Å². The molecule has 0 aliphatic carbocycles. The Bertz CT molecular complexity index is 904. The Balaban J connectivity index is 1.81. The third kappa shape index (κ3) is 3.94. The van der Waals surface area contributed by atoms with E-state index < -0.39 is 0 Å². The Morgan fingerprint density at radius 1 is 0.962 bits per heavy atom. The van der Waals surface area contributed by atoms with Gasteiger partial charge in [0.25, 0.3) is 0 Å². The number of benzene rings is 2. The number of anilines is 3. The summed E-state index contributed by atoms with van der Waals surface area (Å²) in [6.45, 7) is 8.44. The van der Waals surface area contributed by atoms with E-state index in [2.05, 4.69) is 48.2 Å². The quantitative estimate of drug-likeness (QED) is 0.651. The summed E-state index contributed by atoms with van der Waals surface area (Å²) in [6.07, 6.45) is 1.44. The molecule has 0 atom stereocenters. The van der Waals surface area contributed by atoms with E-state index in [1.807, 2.05) is 37.3 Å². The number of nitrogens with zero attached hydrogens (tertiary/aromatic N) is 2. The summed E-state index contributed by atoms with van der Waals surface area (Å²) < 4.78 is 5.86. The Hall–Kier alpha value is -3.08. The van der Waals surface area contributed by atoms with Crippen LogP contribution in [-0.4, -0.2) is 9.97 Å². The molecule has 3 rings (SSSR count). The van der Waals surface area contributed by atoms with Crippen molar-refractivity contribution >= 4 is 17.2 Å². The van der Waals surface area contributed by atoms with Crippen molar-refractivity contribution < 1.29 is 4.74 Å². The van der Waals surface area contributed by atoms with Crippen LogP contribution in [0.25, 0.3) is 0 Å². The van der Waals surface area contributed by atoms with Gasteiger partial charge in [0, 0.05) is 5.69 Å². The van der Waals surface area contributed by atoms with Crippen molar-refractivity contribution in [2.24, 2.45) is 0 Å². The second-order valence-electron chi connectivity index (χ2n) is 6.69. The van der Waals surface area contributed by atoms with E-state index in [1.54, 1.807) is 0 Å². The van der Waals surface area contributed by atoms with Crippen LogP contribution in [0, 0.1) is 13.8 Å². The molecule has 3 N–H and O–H groups in total. The number of rotatable bonds is 5. The van der Waals surface area contributed by atoms with Gasteiger partial charge in [0.1, 0.15) is 17.8 Å². The van der Waals surface area contributed by atoms with Gasteiger partial charge in [-0.3, -0.25) is 0 Å². The fourth-order valence-corrected chi connectivity index (χ4v) is 2.54. The first kappa shape index (κ1) is 17.7. The third-order valence-corrected chi connectivity index (χ3v) is 4.38. The van der Waals surface area contributed by atoms with Crippen molar-refractivity contribution in [2.45, 2.75) is 33.6 Å². The van der Waals surface area contributed by atoms with E-state index in [-0.39, 0.29) is 0 Å². The van der Waals surface area contributed by atoms with Crippen LogP contribution in [0.15, 0.2) is 48.8 Å². The molecular weight excluding hydrogens is 324 g/mol. The lowest BCUT2D eigenvalue weighted by atomic mass is 10.0. The lowest BCUT2D eigenvalue weighted by molar-refractivity contribution is 0.464. The molecule has 0 radical (unpaired) electrons. The van der Waals surface area contributed by atoms with Gasteiger partial charge < -0.3 is 15.8 Å². The number of ether oxygens (including phenoxy) is 1. The lowest BCUT2D eigenvalue weighted by Crippen LogP contribution is -2.03. The minimum atomic E-state index is 0.338. The zero-order valence-corrected chi connectivity index (χ0v) is 15.6. The number of hydrogen-bond donors (Lipinski definition) is 2. The first-order valence-corrected chi connectivity index (χ1v) is 8.66. The van der Waals surface area contributed by atoms with Crippen LogP contribution >= 0.6 is 0 Å². The molecule has 0 saturated heterocycles. The Morgan fingerprint density at radius 3 is 2.35 bits per heavy atom. The van der Waals surface area contributed by atoms with Gasteiger partial charge in [-0.2, -0.15) is 4.98 Å². The lowest BCUT2D eigenvalue weighted by Gasteiger charge is -2.13. The van der Waals surface area contributed by atoms with Crippen LogP contribution < -0.4 is 15.8 Å². The highest BCUT2D eigenvalue weighted by atomic mass is 16.5. The van der Waals surface area contributed by atoms with Gasteiger partial charge in [-0.15, -0.1) is 0 Å². The van der Waals surface area contributed by atoms with Crippen LogP contribution in [0.4, 0.5) is 17.2 Å². The zero-order chi connectivity index (χ0) is 18.7. The molecule has 134 valence electrons. The standard InChI is InChI=1S/C21H24N4O/c1-13(2)16-6-8-17(9-7-16)25-20-19(22)21(24-12-23-20)26-18-10-5-14(3)15(4)11-18/h5-13H,22H2,1-4H3,(H,23,24,25). The highest BCUT2D eigenvalue weighted by molar-refractivity contribution is 5.72. The molecule has 26 heavy (non-hydrogen) atoms. The molecule has 5 nitrogen and oxygen atoms in total. The molecule has 0 unspecified atom stereocenters. The molecule has 0 spiro atoms. The van der Waals surface area contributed by atoms with Gasteiger partial charge in [-0.1, -0.05) is 32.0 Å². The van der Waals surface area contributed by atoms with Gasteiger partial charge in [0.05, 0.1) is 0 Å². The monoisotopic (exact) mass is 348 g/mol. The van der Waals surface area contributed by atoms with Crippen LogP contribution in [0.2, 0.25) is 0 Å².